The van der Waals surface area contributed by atoms with Crippen LogP contribution >= 0.6 is 0 Å². The third-order valence-corrected chi connectivity index (χ3v) is 7.13. The van der Waals surface area contributed by atoms with Crippen molar-refractivity contribution >= 4 is 17.7 Å². The zero-order valence-corrected chi connectivity index (χ0v) is 18.2. The second-order valence-corrected chi connectivity index (χ2v) is 9.28. The summed E-state index contributed by atoms with van der Waals surface area (Å²) in [6, 6.07) is 11.9. The molecule has 7 heteroatoms. The van der Waals surface area contributed by atoms with Gasteiger partial charge in [0.2, 0.25) is 19.5 Å². The molecule has 0 bridgehead atoms. The third-order valence-electron chi connectivity index (χ3n) is 7.13. The first-order valence-electron chi connectivity index (χ1n) is 11.7. The highest BCUT2D eigenvalue weighted by atomic mass is 16.7. The van der Waals surface area contributed by atoms with Crippen LogP contribution in [0.25, 0.3) is 6.08 Å². The van der Waals surface area contributed by atoms with Gasteiger partial charge in [0.05, 0.1) is 11.8 Å². The minimum absolute atomic E-state index is 0.104. The summed E-state index contributed by atoms with van der Waals surface area (Å²) in [6.45, 7) is 0.501. The van der Waals surface area contributed by atoms with E-state index in [2.05, 4.69) is 12.1 Å². The smallest absolute Gasteiger partial charge is 0.246 e. The zero-order valence-electron chi connectivity index (χ0n) is 18.2. The molecule has 0 saturated heterocycles. The predicted molar refractivity (Wildman–Crippen MR) is 120 cm³/mol. The molecule has 2 aliphatic carbocycles. The average molecular weight is 444 g/mol. The minimum atomic E-state index is -0.108. The van der Waals surface area contributed by atoms with Crippen molar-refractivity contribution in [3.05, 3.63) is 53.1 Å². The lowest BCUT2D eigenvalue weighted by molar-refractivity contribution is -0.135. The van der Waals surface area contributed by atoms with E-state index < -0.39 is 0 Å². The van der Waals surface area contributed by atoms with Crippen LogP contribution < -0.4 is 18.9 Å². The van der Waals surface area contributed by atoms with Crippen LogP contribution in [0, 0.1) is 11.8 Å². The van der Waals surface area contributed by atoms with Crippen LogP contribution in [-0.2, 0) is 4.79 Å². The lowest BCUT2D eigenvalue weighted by atomic mass is 9.77. The molecule has 2 saturated carbocycles. The van der Waals surface area contributed by atoms with Gasteiger partial charge in [-0.05, 0) is 79.1 Å². The molecular weight excluding hydrogens is 420 g/mol. The lowest BCUT2D eigenvalue weighted by Crippen LogP contribution is -2.32. The molecule has 3 heterocycles. The van der Waals surface area contributed by atoms with E-state index in [1.165, 1.54) is 5.57 Å². The van der Waals surface area contributed by atoms with Crippen LogP contribution in [0.4, 0.5) is 0 Å². The van der Waals surface area contributed by atoms with Crippen LogP contribution in [0.5, 0.6) is 23.0 Å². The Hall–Kier alpha value is -3.48. The number of benzene rings is 2. The first kappa shape index (κ1) is 19.0. The average Bonchev–Trinajstić information content (AvgIpc) is 3.23. The van der Waals surface area contributed by atoms with E-state index in [0.717, 1.165) is 71.9 Å². The number of amides is 1. The second-order valence-electron chi connectivity index (χ2n) is 9.28. The van der Waals surface area contributed by atoms with E-state index >= 15 is 0 Å². The van der Waals surface area contributed by atoms with Crippen LogP contribution in [0.1, 0.15) is 49.3 Å². The van der Waals surface area contributed by atoms with E-state index in [-0.39, 0.29) is 37.4 Å². The maximum absolute atomic E-state index is 13.3. The van der Waals surface area contributed by atoms with Gasteiger partial charge in [0.25, 0.3) is 0 Å². The van der Waals surface area contributed by atoms with Crippen molar-refractivity contribution < 1.29 is 23.7 Å². The zero-order chi connectivity index (χ0) is 21.9. The number of nitrogens with zero attached hydrogens (tertiary/aromatic N) is 2. The van der Waals surface area contributed by atoms with Crippen molar-refractivity contribution in [1.82, 2.24) is 5.01 Å². The molecule has 33 heavy (non-hydrogen) atoms. The van der Waals surface area contributed by atoms with Gasteiger partial charge in [-0.25, -0.2) is 5.01 Å². The number of hydrogen-bond donors (Lipinski definition) is 0. The van der Waals surface area contributed by atoms with Crippen LogP contribution in [0.15, 0.2) is 47.1 Å². The molecule has 0 spiro atoms. The summed E-state index contributed by atoms with van der Waals surface area (Å²) in [5.41, 5.74) is 4.35. The van der Waals surface area contributed by atoms with Gasteiger partial charge in [-0.2, -0.15) is 5.10 Å². The molecule has 0 N–H and O–H groups in total. The monoisotopic (exact) mass is 444 g/mol. The largest absolute Gasteiger partial charge is 0.454 e. The van der Waals surface area contributed by atoms with Crippen molar-refractivity contribution in [2.75, 3.05) is 13.6 Å². The lowest BCUT2D eigenvalue weighted by Gasteiger charge is -2.29. The summed E-state index contributed by atoms with van der Waals surface area (Å²) in [5.74, 6) is 3.46. The highest BCUT2D eigenvalue weighted by Crippen LogP contribution is 2.48. The van der Waals surface area contributed by atoms with E-state index in [0.29, 0.717) is 0 Å². The van der Waals surface area contributed by atoms with E-state index in [1.54, 1.807) is 5.01 Å². The fourth-order valence-corrected chi connectivity index (χ4v) is 5.33. The maximum atomic E-state index is 13.3. The Morgan fingerprint density at radius 2 is 1.64 bits per heavy atom. The molecule has 2 fully saturated rings. The van der Waals surface area contributed by atoms with Crippen molar-refractivity contribution in [2.24, 2.45) is 16.9 Å². The Morgan fingerprint density at radius 3 is 2.42 bits per heavy atom. The van der Waals surface area contributed by atoms with E-state index in [1.807, 2.05) is 30.3 Å². The van der Waals surface area contributed by atoms with Crippen molar-refractivity contribution in [1.29, 1.82) is 0 Å². The van der Waals surface area contributed by atoms with Gasteiger partial charge >= 0.3 is 0 Å². The Labute approximate surface area is 191 Å². The summed E-state index contributed by atoms with van der Waals surface area (Å²) in [6.07, 6.45) is 7.12. The molecule has 1 amide bonds. The van der Waals surface area contributed by atoms with E-state index in [9.17, 15) is 4.79 Å². The Balaban J connectivity index is 1.27. The Bertz CT molecular complexity index is 1220. The Morgan fingerprint density at radius 1 is 0.909 bits per heavy atom. The number of carbonyl (C=O) groups is 1. The quantitative estimate of drug-likeness (QED) is 0.688. The first-order valence-corrected chi connectivity index (χ1v) is 11.7. The van der Waals surface area contributed by atoms with Gasteiger partial charge in [0.15, 0.2) is 23.0 Å². The van der Waals surface area contributed by atoms with Gasteiger partial charge in [-0.1, -0.05) is 12.1 Å². The molecule has 3 aliphatic heterocycles. The number of carbonyl (C=O) groups excluding carboxylic acids is 1. The summed E-state index contributed by atoms with van der Waals surface area (Å²) in [5, 5.41) is 6.75. The summed E-state index contributed by atoms with van der Waals surface area (Å²) >= 11 is 0. The second kappa shape index (κ2) is 7.27. The standard InChI is InChI=1S/C26H24N2O5/c29-26(16-5-6-16)28-25(18-7-9-21-23(12-18)33-14-31-21)19-3-1-2-17(24(19)27-28)10-15-4-8-20-22(11-15)32-13-30-20/h4,7-12,16,19,25H,1-3,5-6,13-14H2/b17-10+. The fraction of sp³-hybridized carbons (Fsp3) is 0.385. The summed E-state index contributed by atoms with van der Waals surface area (Å²) < 4.78 is 22.1. The molecule has 2 aromatic carbocycles. The number of hydrazone groups is 1. The molecular formula is C26H24N2O5. The molecule has 2 atom stereocenters. The normalized spacial score (nSPS) is 25.9. The van der Waals surface area contributed by atoms with Crippen molar-refractivity contribution in [3.63, 3.8) is 0 Å². The van der Waals surface area contributed by atoms with Gasteiger partial charge in [0.1, 0.15) is 0 Å². The molecule has 168 valence electrons. The Kier molecular flexibility index (Phi) is 4.19. The highest BCUT2D eigenvalue weighted by molar-refractivity contribution is 6.08. The van der Waals surface area contributed by atoms with Crippen molar-refractivity contribution in [2.45, 2.75) is 38.1 Å². The summed E-state index contributed by atoms with van der Waals surface area (Å²) in [4.78, 5) is 13.3. The SMILES string of the molecule is O=C(C1CC1)N1N=C2/C(=C/c3ccc4c(c3)OCO4)CCCC2C1c1ccc2c(c1)OCO2. The van der Waals surface area contributed by atoms with Crippen LogP contribution in [0.3, 0.4) is 0 Å². The highest BCUT2D eigenvalue weighted by Gasteiger charge is 2.47. The molecule has 2 unspecified atom stereocenters. The van der Waals surface area contributed by atoms with Gasteiger partial charge < -0.3 is 18.9 Å². The topological polar surface area (TPSA) is 69.6 Å². The fourth-order valence-electron chi connectivity index (χ4n) is 5.33. The first-order chi connectivity index (χ1) is 16.2. The minimum Gasteiger partial charge on any atom is -0.454 e. The number of fused-ring (bicyclic) bond motifs is 3. The van der Waals surface area contributed by atoms with Crippen LogP contribution in [0.2, 0.25) is 0 Å². The van der Waals surface area contributed by atoms with Gasteiger partial charge in [0, 0.05) is 11.8 Å². The molecule has 2 aromatic rings. The molecule has 5 aliphatic rings. The number of hydrogen-bond acceptors (Lipinski definition) is 6. The number of rotatable bonds is 3. The molecule has 7 rings (SSSR count). The number of allylic oxidation sites excluding steroid dienone is 1. The van der Waals surface area contributed by atoms with Crippen LogP contribution in [-0.4, -0.2) is 30.2 Å². The molecule has 7 nitrogen and oxygen atoms in total. The van der Waals surface area contributed by atoms with Gasteiger partial charge in [-0.3, -0.25) is 4.79 Å². The van der Waals surface area contributed by atoms with Crippen molar-refractivity contribution in [3.8, 4) is 23.0 Å². The molecule has 0 radical (unpaired) electrons. The maximum Gasteiger partial charge on any atom is 0.246 e. The number of ether oxygens (including phenoxy) is 4. The third kappa shape index (κ3) is 3.17. The summed E-state index contributed by atoms with van der Waals surface area (Å²) in [7, 11) is 0. The van der Waals surface area contributed by atoms with Gasteiger partial charge in [-0.15, -0.1) is 0 Å². The van der Waals surface area contributed by atoms with E-state index in [4.69, 9.17) is 24.0 Å². The predicted octanol–water partition coefficient (Wildman–Crippen LogP) is 4.68. The molecule has 0 aromatic heterocycles.